The molecule has 5 heteroatoms. The summed E-state index contributed by atoms with van der Waals surface area (Å²) in [5.74, 6) is -0.589. The highest BCUT2D eigenvalue weighted by Crippen LogP contribution is 2.36. The highest BCUT2D eigenvalue weighted by Gasteiger charge is 2.32. The third-order valence-corrected chi connectivity index (χ3v) is 5.25. The van der Waals surface area contributed by atoms with Crippen molar-refractivity contribution in [1.82, 2.24) is 0 Å². The molecule has 1 unspecified atom stereocenters. The summed E-state index contributed by atoms with van der Waals surface area (Å²) in [4.78, 5) is 0. The van der Waals surface area contributed by atoms with Gasteiger partial charge in [-0.2, -0.15) is 13.2 Å². The Kier molecular flexibility index (Phi) is 9.66. The Labute approximate surface area is 156 Å². The van der Waals surface area contributed by atoms with Gasteiger partial charge in [0.05, 0.1) is 5.56 Å². The van der Waals surface area contributed by atoms with Gasteiger partial charge in [0.25, 0.3) is 0 Å². The van der Waals surface area contributed by atoms with E-state index in [2.05, 4.69) is 6.92 Å². The third kappa shape index (κ3) is 6.92. The second-order valence-corrected chi connectivity index (χ2v) is 6.88. The summed E-state index contributed by atoms with van der Waals surface area (Å²) >= 11 is 0. The first-order valence-corrected chi connectivity index (χ1v) is 9.59. The van der Waals surface area contributed by atoms with Gasteiger partial charge >= 0.3 is 6.18 Å². The van der Waals surface area contributed by atoms with Crippen LogP contribution in [0.2, 0.25) is 0 Å². The van der Waals surface area contributed by atoms with Gasteiger partial charge in [-0.1, -0.05) is 57.7 Å². The zero-order valence-electron chi connectivity index (χ0n) is 16.5. The van der Waals surface area contributed by atoms with E-state index in [4.69, 9.17) is 9.47 Å². The van der Waals surface area contributed by atoms with Crippen LogP contribution in [0.3, 0.4) is 0 Å². The van der Waals surface area contributed by atoms with Gasteiger partial charge in [-0.3, -0.25) is 0 Å². The van der Waals surface area contributed by atoms with E-state index < -0.39 is 17.5 Å². The van der Waals surface area contributed by atoms with Gasteiger partial charge in [0.2, 0.25) is 0 Å². The van der Waals surface area contributed by atoms with E-state index in [1.165, 1.54) is 12.1 Å². The van der Waals surface area contributed by atoms with Crippen molar-refractivity contribution in [1.29, 1.82) is 0 Å². The number of ether oxygens (including phenoxy) is 2. The molecule has 0 fully saturated rings. The van der Waals surface area contributed by atoms with E-state index in [-0.39, 0.29) is 5.92 Å². The summed E-state index contributed by atoms with van der Waals surface area (Å²) in [6.07, 6.45) is 3.10. The van der Waals surface area contributed by atoms with Crippen molar-refractivity contribution in [2.45, 2.75) is 83.1 Å². The molecule has 0 spiro atoms. The molecule has 26 heavy (non-hydrogen) atoms. The van der Waals surface area contributed by atoms with Crippen molar-refractivity contribution < 1.29 is 22.6 Å². The van der Waals surface area contributed by atoms with Crippen molar-refractivity contribution in [2.75, 3.05) is 14.2 Å². The Morgan fingerprint density at radius 2 is 1.65 bits per heavy atom. The van der Waals surface area contributed by atoms with Crippen LogP contribution in [0.25, 0.3) is 0 Å². The van der Waals surface area contributed by atoms with Crippen LogP contribution in [-0.4, -0.2) is 20.0 Å². The van der Waals surface area contributed by atoms with Crippen LogP contribution in [-0.2, 0) is 15.7 Å². The molecular weight excluding hydrogens is 341 g/mol. The maximum absolute atomic E-state index is 13.1. The molecular formula is C21H33F3O2. The topological polar surface area (TPSA) is 18.5 Å². The maximum atomic E-state index is 13.1. The summed E-state index contributed by atoms with van der Waals surface area (Å²) in [6.45, 7) is 4.14. The molecule has 0 bridgehead atoms. The van der Waals surface area contributed by atoms with Gasteiger partial charge < -0.3 is 9.47 Å². The largest absolute Gasteiger partial charge is 0.416 e. The molecule has 0 saturated carbocycles. The van der Waals surface area contributed by atoms with Crippen LogP contribution in [0.1, 0.15) is 82.3 Å². The van der Waals surface area contributed by atoms with Gasteiger partial charge in [0.1, 0.15) is 0 Å². The number of alkyl halides is 3. The van der Waals surface area contributed by atoms with E-state index in [0.29, 0.717) is 12.8 Å². The second-order valence-electron chi connectivity index (χ2n) is 6.88. The SMILES string of the molecule is CCCCCCC(CCC(CC)(OC)OC)c1cccc(C(F)(F)F)c1. The predicted octanol–water partition coefficient (Wildman–Crippen LogP) is 6.94. The quantitative estimate of drug-likeness (QED) is 0.291. The summed E-state index contributed by atoms with van der Waals surface area (Å²) < 4.78 is 50.3. The summed E-state index contributed by atoms with van der Waals surface area (Å²) in [6, 6.07) is 5.76. The highest BCUT2D eigenvalue weighted by molar-refractivity contribution is 5.28. The number of rotatable bonds is 12. The molecule has 0 aliphatic heterocycles. The van der Waals surface area contributed by atoms with Crippen molar-refractivity contribution in [3.05, 3.63) is 35.4 Å². The number of hydrogen-bond donors (Lipinski definition) is 0. The standard InChI is InChI=1S/C21H33F3O2/c1-5-7-8-9-11-17(14-15-20(6-2,25-3)26-4)18-12-10-13-19(16-18)21(22,23)24/h10,12-13,16-17H,5-9,11,14-15H2,1-4H3. The number of halogens is 3. The molecule has 0 saturated heterocycles. The average Bonchev–Trinajstić information content (AvgIpc) is 2.64. The molecule has 0 heterocycles. The van der Waals surface area contributed by atoms with Crippen LogP contribution in [0.4, 0.5) is 13.2 Å². The monoisotopic (exact) mass is 374 g/mol. The van der Waals surface area contributed by atoms with Crippen molar-refractivity contribution >= 4 is 0 Å². The molecule has 2 nitrogen and oxygen atoms in total. The fourth-order valence-electron chi connectivity index (χ4n) is 3.41. The normalized spacial score (nSPS) is 13.8. The van der Waals surface area contributed by atoms with Crippen LogP contribution in [0.5, 0.6) is 0 Å². The molecule has 1 aromatic carbocycles. The van der Waals surface area contributed by atoms with Crippen molar-refractivity contribution in [3.63, 3.8) is 0 Å². The minimum Gasteiger partial charge on any atom is -0.353 e. The lowest BCUT2D eigenvalue weighted by atomic mass is 9.86. The number of benzene rings is 1. The number of unbranched alkanes of at least 4 members (excludes halogenated alkanes) is 3. The zero-order valence-corrected chi connectivity index (χ0v) is 16.5. The van der Waals surface area contributed by atoms with E-state index in [0.717, 1.165) is 50.2 Å². The van der Waals surface area contributed by atoms with Crippen LogP contribution < -0.4 is 0 Å². The number of hydrogen-bond acceptors (Lipinski definition) is 2. The van der Waals surface area contributed by atoms with E-state index in [1.807, 2.05) is 13.0 Å². The lowest BCUT2D eigenvalue weighted by Gasteiger charge is -2.31. The first-order chi connectivity index (χ1) is 12.3. The predicted molar refractivity (Wildman–Crippen MR) is 99.2 cm³/mol. The van der Waals surface area contributed by atoms with Crippen LogP contribution in [0.15, 0.2) is 24.3 Å². The molecule has 0 aliphatic carbocycles. The number of methoxy groups -OCH3 is 2. The fourth-order valence-corrected chi connectivity index (χ4v) is 3.41. The summed E-state index contributed by atoms with van der Waals surface area (Å²) in [5, 5.41) is 0. The minimum absolute atomic E-state index is 0.0744. The Balaban J connectivity index is 2.94. The van der Waals surface area contributed by atoms with Gasteiger partial charge in [-0.05, 0) is 36.8 Å². The Morgan fingerprint density at radius 3 is 2.19 bits per heavy atom. The molecule has 1 atom stereocenters. The van der Waals surface area contributed by atoms with Crippen molar-refractivity contribution in [2.24, 2.45) is 0 Å². The van der Waals surface area contributed by atoms with Crippen molar-refractivity contribution in [3.8, 4) is 0 Å². The Hall–Kier alpha value is -1.07. The zero-order chi connectivity index (χ0) is 19.6. The first-order valence-electron chi connectivity index (χ1n) is 9.59. The minimum atomic E-state index is -4.31. The average molecular weight is 374 g/mol. The molecule has 0 aromatic heterocycles. The lowest BCUT2D eigenvalue weighted by molar-refractivity contribution is -0.213. The summed E-state index contributed by atoms with van der Waals surface area (Å²) in [5.41, 5.74) is 0.183. The molecule has 0 amide bonds. The van der Waals surface area contributed by atoms with E-state index in [9.17, 15) is 13.2 Å². The maximum Gasteiger partial charge on any atom is 0.416 e. The summed E-state index contributed by atoms with van der Waals surface area (Å²) in [7, 11) is 3.24. The van der Waals surface area contributed by atoms with Gasteiger partial charge in [-0.15, -0.1) is 0 Å². The fraction of sp³-hybridized carbons (Fsp3) is 0.714. The Bertz CT molecular complexity index is 502. The first kappa shape index (κ1) is 23.0. The van der Waals surface area contributed by atoms with Gasteiger partial charge in [0.15, 0.2) is 5.79 Å². The lowest BCUT2D eigenvalue weighted by Crippen LogP contribution is -2.33. The highest BCUT2D eigenvalue weighted by atomic mass is 19.4. The Morgan fingerprint density at radius 1 is 0.962 bits per heavy atom. The molecule has 0 aliphatic rings. The van der Waals surface area contributed by atoms with Crippen LogP contribution >= 0.6 is 0 Å². The van der Waals surface area contributed by atoms with E-state index >= 15 is 0 Å². The van der Waals surface area contributed by atoms with Gasteiger partial charge in [0, 0.05) is 20.6 Å². The van der Waals surface area contributed by atoms with Crippen LogP contribution in [0, 0.1) is 0 Å². The molecule has 1 aromatic rings. The molecule has 150 valence electrons. The molecule has 0 N–H and O–H groups in total. The second kappa shape index (κ2) is 10.9. The van der Waals surface area contributed by atoms with E-state index in [1.54, 1.807) is 14.2 Å². The smallest absolute Gasteiger partial charge is 0.353 e. The van der Waals surface area contributed by atoms with Gasteiger partial charge in [-0.25, -0.2) is 0 Å². The molecule has 0 radical (unpaired) electrons. The molecule has 1 rings (SSSR count). The third-order valence-electron chi connectivity index (χ3n) is 5.25.